The summed E-state index contributed by atoms with van der Waals surface area (Å²) in [5.74, 6) is 1.56. The molecule has 0 aliphatic rings. The van der Waals surface area contributed by atoms with Crippen LogP contribution in [0.4, 0.5) is 0 Å². The van der Waals surface area contributed by atoms with Crippen molar-refractivity contribution >= 4 is 22.7 Å². The van der Waals surface area contributed by atoms with Gasteiger partial charge >= 0.3 is 0 Å². The third-order valence-electron chi connectivity index (χ3n) is 3.67. The number of hydrogen-bond donors (Lipinski definition) is 0. The smallest absolute Gasteiger partial charge is 0.262 e. The molecule has 24 heavy (non-hydrogen) atoms. The topological polar surface area (TPSA) is 44.1 Å². The van der Waals surface area contributed by atoms with Gasteiger partial charge in [-0.05, 0) is 29.8 Å². The molecule has 0 aliphatic heterocycles. The first-order valence-corrected chi connectivity index (χ1v) is 8.57. The van der Waals surface area contributed by atoms with Crippen LogP contribution in [0.25, 0.3) is 10.9 Å². The first kappa shape index (κ1) is 16.3. The summed E-state index contributed by atoms with van der Waals surface area (Å²) in [4.78, 5) is 17.3. The summed E-state index contributed by atoms with van der Waals surface area (Å²) in [6, 6.07) is 15.3. The zero-order valence-corrected chi connectivity index (χ0v) is 14.3. The summed E-state index contributed by atoms with van der Waals surface area (Å²) in [5.41, 5.74) is 1.84. The highest BCUT2D eigenvalue weighted by molar-refractivity contribution is 7.98. The molecule has 0 spiro atoms. The van der Waals surface area contributed by atoms with Gasteiger partial charge in [0.05, 0.1) is 18.0 Å². The number of aromatic nitrogens is 2. The minimum Gasteiger partial charge on any atom is -0.497 e. The van der Waals surface area contributed by atoms with Crippen molar-refractivity contribution in [3.05, 3.63) is 77.1 Å². The molecule has 0 radical (unpaired) electrons. The largest absolute Gasteiger partial charge is 0.497 e. The van der Waals surface area contributed by atoms with Crippen LogP contribution in [-0.4, -0.2) is 16.7 Å². The first-order chi connectivity index (χ1) is 11.7. The van der Waals surface area contributed by atoms with E-state index in [2.05, 4.69) is 11.6 Å². The number of ether oxygens (including phenoxy) is 1. The Hall–Kier alpha value is -2.53. The van der Waals surface area contributed by atoms with Gasteiger partial charge in [0.1, 0.15) is 5.75 Å². The zero-order valence-electron chi connectivity index (χ0n) is 13.4. The number of thioether (sulfide) groups is 1. The zero-order chi connectivity index (χ0) is 16.9. The van der Waals surface area contributed by atoms with Crippen molar-refractivity contribution in [2.75, 3.05) is 7.11 Å². The van der Waals surface area contributed by atoms with Gasteiger partial charge in [0.15, 0.2) is 5.16 Å². The lowest BCUT2D eigenvalue weighted by atomic mass is 10.2. The van der Waals surface area contributed by atoms with E-state index < -0.39 is 0 Å². The molecular formula is C19H18N2O2S. The molecule has 0 fully saturated rings. The maximum absolute atomic E-state index is 12.7. The van der Waals surface area contributed by atoms with Crippen LogP contribution in [0.5, 0.6) is 5.75 Å². The fourth-order valence-corrected chi connectivity index (χ4v) is 3.38. The number of allylic oxidation sites excluding steroid dienone is 1. The van der Waals surface area contributed by atoms with E-state index in [1.807, 2.05) is 48.5 Å². The number of para-hydroxylation sites is 1. The molecule has 3 aromatic rings. The van der Waals surface area contributed by atoms with E-state index in [0.29, 0.717) is 17.1 Å². The lowest BCUT2D eigenvalue weighted by Gasteiger charge is -2.11. The maximum atomic E-state index is 12.7. The first-order valence-electron chi connectivity index (χ1n) is 7.59. The van der Waals surface area contributed by atoms with Crippen molar-refractivity contribution in [3.63, 3.8) is 0 Å². The number of benzene rings is 2. The predicted molar refractivity (Wildman–Crippen MR) is 98.8 cm³/mol. The lowest BCUT2D eigenvalue weighted by Crippen LogP contribution is -2.22. The van der Waals surface area contributed by atoms with E-state index in [-0.39, 0.29) is 5.56 Å². The van der Waals surface area contributed by atoms with E-state index in [0.717, 1.165) is 22.6 Å². The second kappa shape index (κ2) is 7.36. The number of methoxy groups -OCH3 is 1. The van der Waals surface area contributed by atoms with Crippen LogP contribution >= 0.6 is 11.8 Å². The molecule has 0 amide bonds. The van der Waals surface area contributed by atoms with Gasteiger partial charge in [-0.1, -0.05) is 42.1 Å². The highest BCUT2D eigenvalue weighted by Crippen LogP contribution is 2.23. The lowest BCUT2D eigenvalue weighted by molar-refractivity contribution is 0.414. The Morgan fingerprint density at radius 2 is 1.96 bits per heavy atom. The number of rotatable bonds is 6. The van der Waals surface area contributed by atoms with Gasteiger partial charge in [-0.3, -0.25) is 9.36 Å². The van der Waals surface area contributed by atoms with Crippen LogP contribution in [0.1, 0.15) is 5.56 Å². The molecule has 0 bridgehead atoms. The summed E-state index contributed by atoms with van der Waals surface area (Å²) in [7, 11) is 1.65. The van der Waals surface area contributed by atoms with E-state index >= 15 is 0 Å². The van der Waals surface area contributed by atoms with Crippen molar-refractivity contribution in [1.82, 2.24) is 9.55 Å². The van der Waals surface area contributed by atoms with Crippen LogP contribution in [0, 0.1) is 0 Å². The Labute approximate surface area is 144 Å². The molecule has 0 atom stereocenters. The highest BCUT2D eigenvalue weighted by Gasteiger charge is 2.10. The molecule has 0 saturated carbocycles. The Kier molecular flexibility index (Phi) is 5.01. The molecule has 4 nitrogen and oxygen atoms in total. The quantitative estimate of drug-likeness (QED) is 0.389. The Balaban J connectivity index is 1.93. The fraction of sp³-hybridized carbons (Fsp3) is 0.158. The van der Waals surface area contributed by atoms with Gasteiger partial charge in [0.2, 0.25) is 0 Å². The van der Waals surface area contributed by atoms with E-state index in [1.54, 1.807) is 29.5 Å². The summed E-state index contributed by atoms with van der Waals surface area (Å²) < 4.78 is 6.84. The van der Waals surface area contributed by atoms with E-state index in [9.17, 15) is 4.79 Å². The van der Waals surface area contributed by atoms with Crippen molar-refractivity contribution in [2.45, 2.75) is 17.5 Å². The third kappa shape index (κ3) is 3.36. The Morgan fingerprint density at radius 1 is 1.21 bits per heavy atom. The standard InChI is InChI=1S/C19H18N2O2S/c1-3-12-21-18(22)16-6-4-5-7-17(16)20-19(21)24-13-14-8-10-15(23-2)11-9-14/h3-11H,1,12-13H2,2H3. The average molecular weight is 338 g/mol. The Bertz CT molecular complexity index is 917. The molecule has 0 saturated heterocycles. The van der Waals surface area contributed by atoms with Crippen LogP contribution in [-0.2, 0) is 12.3 Å². The minimum atomic E-state index is -0.0299. The molecule has 2 aromatic carbocycles. The molecular weight excluding hydrogens is 320 g/mol. The molecule has 0 aliphatic carbocycles. The van der Waals surface area contributed by atoms with Crippen LogP contribution in [0.3, 0.4) is 0 Å². The summed E-state index contributed by atoms with van der Waals surface area (Å²) in [6.07, 6.45) is 1.72. The van der Waals surface area contributed by atoms with Crippen molar-refractivity contribution in [1.29, 1.82) is 0 Å². The molecule has 1 aromatic heterocycles. The van der Waals surface area contributed by atoms with Crippen molar-refractivity contribution < 1.29 is 4.74 Å². The normalized spacial score (nSPS) is 10.7. The number of nitrogens with zero attached hydrogens (tertiary/aromatic N) is 2. The number of fused-ring (bicyclic) bond motifs is 1. The molecule has 0 N–H and O–H groups in total. The van der Waals surface area contributed by atoms with Gasteiger partial charge < -0.3 is 4.74 Å². The fourth-order valence-electron chi connectivity index (χ4n) is 2.42. The van der Waals surface area contributed by atoms with Gasteiger partial charge in [0, 0.05) is 12.3 Å². The monoisotopic (exact) mass is 338 g/mol. The SMILES string of the molecule is C=CCn1c(SCc2ccc(OC)cc2)nc2ccccc2c1=O. The molecule has 1 heterocycles. The molecule has 3 rings (SSSR count). The van der Waals surface area contributed by atoms with Crippen LogP contribution in [0.2, 0.25) is 0 Å². The van der Waals surface area contributed by atoms with Gasteiger partial charge in [-0.2, -0.15) is 0 Å². The molecule has 122 valence electrons. The second-order valence-electron chi connectivity index (χ2n) is 5.25. The molecule has 0 unspecified atom stereocenters. The third-order valence-corrected chi connectivity index (χ3v) is 4.71. The van der Waals surface area contributed by atoms with Gasteiger partial charge in [-0.25, -0.2) is 4.98 Å². The molecule has 5 heteroatoms. The van der Waals surface area contributed by atoms with E-state index in [1.165, 1.54) is 0 Å². The van der Waals surface area contributed by atoms with Crippen LogP contribution in [0.15, 0.2) is 71.1 Å². The average Bonchev–Trinajstić information content (AvgIpc) is 2.63. The number of hydrogen-bond acceptors (Lipinski definition) is 4. The van der Waals surface area contributed by atoms with Crippen molar-refractivity contribution in [3.8, 4) is 5.75 Å². The summed E-state index contributed by atoms with van der Waals surface area (Å²) in [6.45, 7) is 4.19. The van der Waals surface area contributed by atoms with Gasteiger partial charge in [0.25, 0.3) is 5.56 Å². The Morgan fingerprint density at radius 3 is 2.67 bits per heavy atom. The highest BCUT2D eigenvalue weighted by atomic mass is 32.2. The van der Waals surface area contributed by atoms with E-state index in [4.69, 9.17) is 4.74 Å². The minimum absolute atomic E-state index is 0.0299. The second-order valence-corrected chi connectivity index (χ2v) is 6.20. The van der Waals surface area contributed by atoms with Crippen molar-refractivity contribution in [2.24, 2.45) is 0 Å². The maximum Gasteiger partial charge on any atom is 0.262 e. The predicted octanol–water partition coefficient (Wildman–Crippen LogP) is 3.88. The van der Waals surface area contributed by atoms with Crippen LogP contribution < -0.4 is 10.3 Å². The summed E-state index contributed by atoms with van der Waals surface area (Å²) >= 11 is 1.55. The van der Waals surface area contributed by atoms with Gasteiger partial charge in [-0.15, -0.1) is 6.58 Å². The summed E-state index contributed by atoms with van der Waals surface area (Å²) in [5, 5.41) is 1.34.